The Kier molecular flexibility index (Phi) is 4.28. The molecule has 0 aliphatic rings. The number of nitrogens with zero attached hydrogens (tertiary/aromatic N) is 4. The summed E-state index contributed by atoms with van der Waals surface area (Å²) in [5.74, 6) is -0.297. The van der Waals surface area contributed by atoms with E-state index in [0.717, 1.165) is 11.3 Å². The molecule has 1 N–H and O–H groups in total. The van der Waals surface area contributed by atoms with Crippen LogP contribution in [0.15, 0.2) is 60.9 Å². The maximum Gasteiger partial charge on any atom is 0.255 e. The Morgan fingerprint density at radius 3 is 2.62 bits per heavy atom. The van der Waals surface area contributed by atoms with Crippen LogP contribution < -0.4 is 5.32 Å². The minimum atomic E-state index is -0.297. The van der Waals surface area contributed by atoms with Gasteiger partial charge in [0.2, 0.25) is 0 Å². The van der Waals surface area contributed by atoms with E-state index in [9.17, 15) is 4.79 Å². The lowest BCUT2D eigenvalue weighted by molar-refractivity contribution is 0.102. The fraction of sp³-hybridized carbons (Fsp3) is 0. The maximum absolute atomic E-state index is 12.4. The number of benzene rings is 2. The normalized spacial score (nSPS) is 10.8. The number of carbonyl (C=O) groups excluding carboxylic acids is 1. The number of halogens is 2. The van der Waals surface area contributed by atoms with Gasteiger partial charge in [-0.15, -0.1) is 10.2 Å². The van der Waals surface area contributed by atoms with Gasteiger partial charge in [0, 0.05) is 26.9 Å². The van der Waals surface area contributed by atoms with Crippen LogP contribution in [0.3, 0.4) is 0 Å². The second-order valence-corrected chi connectivity index (χ2v) is 6.42. The molecule has 0 saturated heterocycles. The molecule has 6 nitrogen and oxygen atoms in total. The molecule has 4 rings (SSSR count). The van der Waals surface area contributed by atoms with Gasteiger partial charge in [0.05, 0.1) is 5.69 Å². The van der Waals surface area contributed by atoms with Crippen LogP contribution >= 0.6 is 23.2 Å². The second-order valence-electron chi connectivity index (χ2n) is 5.55. The van der Waals surface area contributed by atoms with Crippen molar-refractivity contribution < 1.29 is 4.79 Å². The lowest BCUT2D eigenvalue weighted by atomic mass is 10.1. The highest BCUT2D eigenvalue weighted by molar-refractivity contribution is 6.35. The third-order valence-corrected chi connectivity index (χ3v) is 4.14. The van der Waals surface area contributed by atoms with Crippen LogP contribution in [-0.2, 0) is 0 Å². The van der Waals surface area contributed by atoms with Crippen molar-refractivity contribution in [3.05, 3.63) is 76.5 Å². The molecule has 8 heteroatoms. The van der Waals surface area contributed by atoms with Gasteiger partial charge in [0.1, 0.15) is 6.33 Å². The molecule has 0 fully saturated rings. The van der Waals surface area contributed by atoms with Crippen molar-refractivity contribution in [1.82, 2.24) is 19.8 Å². The van der Waals surface area contributed by atoms with Crippen LogP contribution in [-0.4, -0.2) is 25.7 Å². The average Bonchev–Trinajstić information content (AvgIpc) is 3.09. The van der Waals surface area contributed by atoms with E-state index in [1.807, 2.05) is 30.3 Å². The third-order valence-electron chi connectivity index (χ3n) is 3.70. The summed E-state index contributed by atoms with van der Waals surface area (Å²) in [4.78, 5) is 12.4. The first-order valence-electron chi connectivity index (χ1n) is 7.63. The number of hydrogen-bond donors (Lipinski definition) is 1. The third kappa shape index (κ3) is 3.37. The van der Waals surface area contributed by atoms with E-state index in [2.05, 4.69) is 20.6 Å². The topological polar surface area (TPSA) is 72.2 Å². The molecule has 1 amide bonds. The van der Waals surface area contributed by atoms with E-state index in [1.165, 1.54) is 6.33 Å². The number of rotatable bonds is 3. The second kappa shape index (κ2) is 6.74. The zero-order chi connectivity index (χ0) is 18.1. The number of anilines is 1. The van der Waals surface area contributed by atoms with E-state index in [1.54, 1.807) is 28.8 Å². The Labute approximate surface area is 158 Å². The zero-order valence-electron chi connectivity index (χ0n) is 13.2. The predicted octanol–water partition coefficient (Wildman–Crippen LogP) is 4.35. The van der Waals surface area contributed by atoms with Crippen LogP contribution in [0.25, 0.3) is 16.9 Å². The summed E-state index contributed by atoms with van der Waals surface area (Å²) in [5, 5.41) is 15.8. The number of fused-ring (bicyclic) bond motifs is 1. The van der Waals surface area contributed by atoms with Crippen molar-refractivity contribution in [2.45, 2.75) is 0 Å². The van der Waals surface area contributed by atoms with Gasteiger partial charge in [0.25, 0.3) is 5.91 Å². The van der Waals surface area contributed by atoms with Gasteiger partial charge >= 0.3 is 0 Å². The van der Waals surface area contributed by atoms with Crippen LogP contribution in [0, 0.1) is 0 Å². The Hall–Kier alpha value is -2.96. The monoisotopic (exact) mass is 383 g/mol. The van der Waals surface area contributed by atoms with Crippen molar-refractivity contribution in [3.63, 3.8) is 0 Å². The summed E-state index contributed by atoms with van der Waals surface area (Å²) in [6, 6.07) is 15.8. The highest BCUT2D eigenvalue weighted by Gasteiger charge is 2.10. The summed E-state index contributed by atoms with van der Waals surface area (Å²) in [7, 11) is 0. The summed E-state index contributed by atoms with van der Waals surface area (Å²) in [6.07, 6.45) is 1.54. The Balaban J connectivity index is 1.62. The van der Waals surface area contributed by atoms with Crippen molar-refractivity contribution in [3.8, 4) is 11.3 Å². The Morgan fingerprint density at radius 2 is 1.81 bits per heavy atom. The SMILES string of the molecule is O=C(Nc1cccc(-c2ccc3nncn3n2)c1)c1cc(Cl)cc(Cl)c1. The van der Waals surface area contributed by atoms with Gasteiger partial charge < -0.3 is 5.32 Å². The van der Waals surface area contributed by atoms with Gasteiger partial charge in [-0.1, -0.05) is 35.3 Å². The van der Waals surface area contributed by atoms with Crippen LogP contribution in [0.4, 0.5) is 5.69 Å². The van der Waals surface area contributed by atoms with E-state index >= 15 is 0 Å². The number of amides is 1. The van der Waals surface area contributed by atoms with E-state index in [-0.39, 0.29) is 5.91 Å². The van der Waals surface area contributed by atoms with Crippen LogP contribution in [0.2, 0.25) is 10.0 Å². The lowest BCUT2D eigenvalue weighted by Gasteiger charge is -2.08. The smallest absolute Gasteiger partial charge is 0.255 e. The summed E-state index contributed by atoms with van der Waals surface area (Å²) in [5.41, 5.74) is 3.27. The molecule has 2 heterocycles. The van der Waals surface area contributed by atoms with Crippen molar-refractivity contribution in [1.29, 1.82) is 0 Å². The fourth-order valence-corrected chi connectivity index (χ4v) is 3.05. The quantitative estimate of drug-likeness (QED) is 0.570. The Morgan fingerprint density at radius 1 is 1.00 bits per heavy atom. The molecule has 0 spiro atoms. The summed E-state index contributed by atoms with van der Waals surface area (Å²) >= 11 is 11.9. The van der Waals surface area contributed by atoms with Gasteiger partial charge in [-0.3, -0.25) is 4.79 Å². The van der Waals surface area contributed by atoms with Crippen LogP contribution in [0.5, 0.6) is 0 Å². The van der Waals surface area contributed by atoms with Crippen LogP contribution in [0.1, 0.15) is 10.4 Å². The number of nitrogens with one attached hydrogen (secondary N) is 1. The number of hydrogen-bond acceptors (Lipinski definition) is 4. The summed E-state index contributed by atoms with van der Waals surface area (Å²) in [6.45, 7) is 0. The van der Waals surface area contributed by atoms with E-state index in [0.29, 0.717) is 26.9 Å². The fourth-order valence-electron chi connectivity index (χ4n) is 2.53. The van der Waals surface area contributed by atoms with Gasteiger partial charge in [-0.2, -0.15) is 9.61 Å². The first-order valence-corrected chi connectivity index (χ1v) is 8.39. The van der Waals surface area contributed by atoms with Crippen molar-refractivity contribution in [2.75, 3.05) is 5.32 Å². The minimum Gasteiger partial charge on any atom is -0.322 e. The lowest BCUT2D eigenvalue weighted by Crippen LogP contribution is -2.11. The molecule has 0 radical (unpaired) electrons. The van der Waals surface area contributed by atoms with Gasteiger partial charge in [-0.05, 0) is 42.5 Å². The zero-order valence-corrected chi connectivity index (χ0v) is 14.7. The molecule has 0 bridgehead atoms. The molecular weight excluding hydrogens is 373 g/mol. The standard InChI is InChI=1S/C18H11Cl2N5O/c19-13-6-12(7-14(20)9-13)18(26)22-15-3-1-2-11(8-15)16-4-5-17-23-21-10-25(17)24-16/h1-10H,(H,22,26). The molecule has 2 aromatic heterocycles. The minimum absolute atomic E-state index is 0.297. The number of carbonyl (C=O) groups is 1. The molecular formula is C18H11Cl2N5O. The average molecular weight is 384 g/mol. The molecule has 128 valence electrons. The molecule has 4 aromatic rings. The molecule has 2 aromatic carbocycles. The highest BCUT2D eigenvalue weighted by atomic mass is 35.5. The number of aromatic nitrogens is 4. The van der Waals surface area contributed by atoms with Crippen molar-refractivity contribution in [2.24, 2.45) is 0 Å². The highest BCUT2D eigenvalue weighted by Crippen LogP contribution is 2.23. The largest absolute Gasteiger partial charge is 0.322 e. The molecule has 0 aliphatic heterocycles. The Bertz CT molecular complexity index is 1110. The molecule has 0 unspecified atom stereocenters. The summed E-state index contributed by atoms with van der Waals surface area (Å²) < 4.78 is 1.59. The van der Waals surface area contributed by atoms with E-state index in [4.69, 9.17) is 23.2 Å². The molecule has 0 aliphatic carbocycles. The first-order chi connectivity index (χ1) is 12.6. The molecule has 26 heavy (non-hydrogen) atoms. The van der Waals surface area contributed by atoms with E-state index < -0.39 is 0 Å². The maximum atomic E-state index is 12.4. The van der Waals surface area contributed by atoms with Gasteiger partial charge in [0.15, 0.2) is 5.65 Å². The molecule has 0 atom stereocenters. The molecule has 0 saturated carbocycles. The first kappa shape index (κ1) is 16.5. The van der Waals surface area contributed by atoms with Gasteiger partial charge in [-0.25, -0.2) is 0 Å². The predicted molar refractivity (Wildman–Crippen MR) is 101 cm³/mol. The van der Waals surface area contributed by atoms with Crippen molar-refractivity contribution >= 4 is 40.4 Å².